The predicted octanol–water partition coefficient (Wildman–Crippen LogP) is 1.77. The second-order valence-electron chi connectivity index (χ2n) is 3.72. The third-order valence-corrected chi connectivity index (χ3v) is 2.01. The van der Waals surface area contributed by atoms with Gasteiger partial charge in [0.05, 0.1) is 0 Å². The number of hydrogen-bond donors (Lipinski definition) is 2. The van der Waals surface area contributed by atoms with Gasteiger partial charge >= 0.3 is 6.09 Å². The maximum Gasteiger partial charge on any atom is 0.412 e. The minimum absolute atomic E-state index is 0.0594. The van der Waals surface area contributed by atoms with Crippen molar-refractivity contribution >= 4 is 6.09 Å². The molecule has 0 aliphatic heterocycles. The molecule has 0 atom stereocenters. The number of aliphatic hydroxyl groups is 1. The van der Waals surface area contributed by atoms with E-state index in [1.54, 1.807) is 12.1 Å². The average molecular weight is 223 g/mol. The first kappa shape index (κ1) is 12.5. The summed E-state index contributed by atoms with van der Waals surface area (Å²) < 4.78 is 5.09. The molecule has 0 saturated carbocycles. The van der Waals surface area contributed by atoms with Gasteiger partial charge < -0.3 is 15.2 Å². The van der Waals surface area contributed by atoms with Gasteiger partial charge in [-0.3, -0.25) is 0 Å². The van der Waals surface area contributed by atoms with Crippen LogP contribution in [0.25, 0.3) is 0 Å². The number of hydrogen-bond acceptors (Lipinski definition) is 3. The van der Waals surface area contributed by atoms with Crippen LogP contribution in [0.4, 0.5) is 4.79 Å². The van der Waals surface area contributed by atoms with Crippen molar-refractivity contribution in [3.05, 3.63) is 29.3 Å². The highest BCUT2D eigenvalue weighted by molar-refractivity contribution is 5.70. The van der Waals surface area contributed by atoms with Crippen LogP contribution in [0.3, 0.4) is 0 Å². The van der Waals surface area contributed by atoms with E-state index in [9.17, 15) is 4.79 Å². The topological polar surface area (TPSA) is 58.6 Å². The lowest BCUT2D eigenvalue weighted by atomic mass is 10.1. The zero-order chi connectivity index (χ0) is 12.0. The van der Waals surface area contributed by atoms with Gasteiger partial charge in [-0.2, -0.15) is 0 Å². The fraction of sp³-hybridized carbons (Fsp3) is 0.417. The lowest BCUT2D eigenvalue weighted by Gasteiger charge is -2.07. The maximum atomic E-state index is 11.3. The Balaban J connectivity index is 2.49. The van der Waals surface area contributed by atoms with Crippen LogP contribution in [0, 0.1) is 13.8 Å². The smallest absolute Gasteiger partial charge is 0.410 e. The molecule has 1 amide bonds. The van der Waals surface area contributed by atoms with Crippen LogP contribution >= 0.6 is 0 Å². The quantitative estimate of drug-likeness (QED) is 0.765. The Kier molecular flexibility index (Phi) is 4.79. The molecule has 0 aromatic heterocycles. The molecule has 1 rings (SSSR count). The number of rotatable bonds is 4. The second kappa shape index (κ2) is 6.12. The van der Waals surface area contributed by atoms with Crippen molar-refractivity contribution < 1.29 is 14.6 Å². The molecular formula is C12H17NO3. The number of carbonyl (C=O) groups is 1. The summed E-state index contributed by atoms with van der Waals surface area (Å²) >= 11 is 0. The Morgan fingerprint density at radius 1 is 1.31 bits per heavy atom. The van der Waals surface area contributed by atoms with Crippen LogP contribution in [-0.4, -0.2) is 24.4 Å². The molecule has 0 heterocycles. The Bertz CT molecular complexity index is 343. The first-order valence-electron chi connectivity index (χ1n) is 5.26. The lowest BCUT2D eigenvalue weighted by Crippen LogP contribution is -2.28. The highest BCUT2D eigenvalue weighted by Gasteiger charge is 2.04. The van der Waals surface area contributed by atoms with Crippen molar-refractivity contribution in [3.8, 4) is 5.75 Å². The van der Waals surface area contributed by atoms with E-state index in [0.29, 0.717) is 18.7 Å². The summed E-state index contributed by atoms with van der Waals surface area (Å²) in [6, 6.07) is 5.62. The standard InChI is InChI=1S/C12H17NO3/c1-9-6-10(2)8-11(7-9)16-12(15)13-4-3-5-14/h6-8,14H,3-5H2,1-2H3,(H,13,15). The van der Waals surface area contributed by atoms with E-state index >= 15 is 0 Å². The van der Waals surface area contributed by atoms with Gasteiger partial charge in [0.1, 0.15) is 5.75 Å². The van der Waals surface area contributed by atoms with Crippen LogP contribution < -0.4 is 10.1 Å². The molecule has 1 aromatic rings. The normalized spacial score (nSPS) is 9.94. The van der Waals surface area contributed by atoms with E-state index in [2.05, 4.69) is 5.32 Å². The van der Waals surface area contributed by atoms with Crippen molar-refractivity contribution in [1.29, 1.82) is 0 Å². The van der Waals surface area contributed by atoms with Crippen molar-refractivity contribution in [2.24, 2.45) is 0 Å². The van der Waals surface area contributed by atoms with Crippen molar-refractivity contribution in [2.75, 3.05) is 13.2 Å². The van der Waals surface area contributed by atoms with Gasteiger partial charge in [0.15, 0.2) is 0 Å². The minimum Gasteiger partial charge on any atom is -0.410 e. The number of amides is 1. The average Bonchev–Trinajstić information content (AvgIpc) is 2.16. The van der Waals surface area contributed by atoms with Gasteiger partial charge in [0, 0.05) is 13.2 Å². The molecular weight excluding hydrogens is 206 g/mol. The van der Waals surface area contributed by atoms with Gasteiger partial charge in [0.25, 0.3) is 0 Å². The molecule has 1 aromatic carbocycles. The second-order valence-corrected chi connectivity index (χ2v) is 3.72. The fourth-order valence-electron chi connectivity index (χ4n) is 1.40. The lowest BCUT2D eigenvalue weighted by molar-refractivity contribution is 0.198. The Labute approximate surface area is 95.2 Å². The number of aliphatic hydroxyl groups excluding tert-OH is 1. The molecule has 0 aliphatic rings. The third kappa shape index (κ3) is 4.31. The Morgan fingerprint density at radius 3 is 2.50 bits per heavy atom. The van der Waals surface area contributed by atoms with Crippen molar-refractivity contribution in [2.45, 2.75) is 20.3 Å². The number of aryl methyl sites for hydroxylation is 2. The maximum absolute atomic E-state index is 11.3. The first-order chi connectivity index (χ1) is 7.61. The summed E-state index contributed by atoms with van der Waals surface area (Å²) in [5, 5.41) is 11.1. The molecule has 0 radical (unpaired) electrons. The number of carbonyl (C=O) groups excluding carboxylic acids is 1. The Hall–Kier alpha value is -1.55. The molecule has 0 aliphatic carbocycles. The molecule has 4 heteroatoms. The summed E-state index contributed by atoms with van der Waals surface area (Å²) in [4.78, 5) is 11.3. The summed E-state index contributed by atoms with van der Waals surface area (Å²) in [7, 11) is 0. The van der Waals surface area contributed by atoms with E-state index < -0.39 is 6.09 Å². The van der Waals surface area contributed by atoms with E-state index in [0.717, 1.165) is 11.1 Å². The molecule has 2 N–H and O–H groups in total. The van der Waals surface area contributed by atoms with E-state index in [-0.39, 0.29) is 6.61 Å². The summed E-state index contributed by atoms with van der Waals surface area (Å²) in [6.45, 7) is 4.37. The first-order valence-corrected chi connectivity index (χ1v) is 5.26. The van der Waals surface area contributed by atoms with E-state index in [1.165, 1.54) is 0 Å². The molecule has 0 unspecified atom stereocenters. The molecule has 0 saturated heterocycles. The minimum atomic E-state index is -0.488. The van der Waals surface area contributed by atoms with Gasteiger partial charge in [-0.1, -0.05) is 6.07 Å². The third-order valence-electron chi connectivity index (χ3n) is 2.01. The molecule has 4 nitrogen and oxygen atoms in total. The monoisotopic (exact) mass is 223 g/mol. The highest BCUT2D eigenvalue weighted by Crippen LogP contribution is 2.16. The zero-order valence-electron chi connectivity index (χ0n) is 9.62. The molecule has 0 fully saturated rings. The highest BCUT2D eigenvalue weighted by atomic mass is 16.6. The molecule has 16 heavy (non-hydrogen) atoms. The predicted molar refractivity (Wildman–Crippen MR) is 61.6 cm³/mol. The van der Waals surface area contributed by atoms with Crippen molar-refractivity contribution in [3.63, 3.8) is 0 Å². The van der Waals surface area contributed by atoms with Crippen LogP contribution in [-0.2, 0) is 0 Å². The summed E-state index contributed by atoms with van der Waals surface area (Å²) in [5.41, 5.74) is 2.11. The molecule has 88 valence electrons. The molecule has 0 bridgehead atoms. The van der Waals surface area contributed by atoms with Crippen LogP contribution in [0.5, 0.6) is 5.75 Å². The van der Waals surface area contributed by atoms with Crippen LogP contribution in [0.2, 0.25) is 0 Å². The SMILES string of the molecule is Cc1cc(C)cc(OC(=O)NCCCO)c1. The summed E-state index contributed by atoms with van der Waals surface area (Å²) in [5.74, 6) is 0.541. The number of nitrogens with one attached hydrogen (secondary N) is 1. The fourth-order valence-corrected chi connectivity index (χ4v) is 1.40. The largest absolute Gasteiger partial charge is 0.412 e. The number of benzene rings is 1. The Morgan fingerprint density at radius 2 is 1.94 bits per heavy atom. The van der Waals surface area contributed by atoms with Crippen molar-refractivity contribution in [1.82, 2.24) is 5.32 Å². The van der Waals surface area contributed by atoms with E-state index in [4.69, 9.17) is 9.84 Å². The van der Waals surface area contributed by atoms with Gasteiger partial charge in [-0.05, 0) is 43.5 Å². The number of ether oxygens (including phenoxy) is 1. The van der Waals surface area contributed by atoms with Crippen LogP contribution in [0.15, 0.2) is 18.2 Å². The van der Waals surface area contributed by atoms with E-state index in [1.807, 2.05) is 19.9 Å². The van der Waals surface area contributed by atoms with Crippen LogP contribution in [0.1, 0.15) is 17.5 Å². The van der Waals surface area contributed by atoms with Gasteiger partial charge in [-0.25, -0.2) is 4.79 Å². The van der Waals surface area contributed by atoms with Gasteiger partial charge in [-0.15, -0.1) is 0 Å². The zero-order valence-corrected chi connectivity index (χ0v) is 9.62. The molecule has 0 spiro atoms. The summed E-state index contributed by atoms with van der Waals surface area (Å²) in [6.07, 6.45) is 0.0422. The van der Waals surface area contributed by atoms with Gasteiger partial charge in [0.2, 0.25) is 0 Å².